The van der Waals surface area contributed by atoms with Crippen molar-refractivity contribution in [3.05, 3.63) is 95.8 Å². The molecule has 4 nitrogen and oxygen atoms in total. The topological polar surface area (TPSA) is 34.6 Å². The first kappa shape index (κ1) is 19.2. The molecule has 0 aliphatic heterocycles. The number of hydrogen-bond acceptors (Lipinski definition) is 2. The summed E-state index contributed by atoms with van der Waals surface area (Å²) >= 11 is 0. The molecule has 152 valence electrons. The Labute approximate surface area is 182 Å². The monoisotopic (exact) mass is 405 g/mol. The second-order valence-electron chi connectivity index (χ2n) is 8.05. The lowest BCUT2D eigenvalue weighted by atomic mass is 10.0. The Morgan fingerprint density at radius 1 is 0.742 bits per heavy atom. The molecule has 0 spiro atoms. The molecule has 3 aromatic carbocycles. The van der Waals surface area contributed by atoms with Gasteiger partial charge in [-0.05, 0) is 73.9 Å². The maximum absolute atomic E-state index is 4.44. The number of fused-ring (bicyclic) bond motifs is 1. The van der Waals surface area contributed by atoms with Crippen LogP contribution >= 0.6 is 0 Å². The van der Waals surface area contributed by atoms with Crippen LogP contribution in [0, 0.1) is 20.8 Å². The van der Waals surface area contributed by atoms with E-state index >= 15 is 0 Å². The summed E-state index contributed by atoms with van der Waals surface area (Å²) in [6, 6.07) is 23.4. The van der Waals surface area contributed by atoms with Gasteiger partial charge in [0.15, 0.2) is 16.9 Å². The predicted octanol–water partition coefficient (Wildman–Crippen LogP) is 5.50. The fraction of sp³-hybridized carbons (Fsp3) is 0.148. The van der Waals surface area contributed by atoms with Crippen LogP contribution in [0.2, 0.25) is 0 Å². The maximum Gasteiger partial charge on any atom is 0.295 e. The molecule has 5 aromatic rings. The van der Waals surface area contributed by atoms with Gasteiger partial charge in [0.2, 0.25) is 0 Å². The number of benzene rings is 3. The highest BCUT2D eigenvalue weighted by Gasteiger charge is 2.28. The lowest BCUT2D eigenvalue weighted by Gasteiger charge is -2.12. The summed E-state index contributed by atoms with van der Waals surface area (Å²) in [6.07, 6.45) is 3.58. The Bertz CT molecular complexity index is 1390. The number of imidazole rings is 1. The van der Waals surface area contributed by atoms with E-state index in [1.54, 1.807) is 12.4 Å². The van der Waals surface area contributed by atoms with Gasteiger partial charge in [0.05, 0.1) is 12.6 Å². The summed E-state index contributed by atoms with van der Waals surface area (Å²) < 4.78 is 4.70. The highest BCUT2D eigenvalue weighted by molar-refractivity contribution is 5.81. The first-order chi connectivity index (χ1) is 15.1. The van der Waals surface area contributed by atoms with Crippen molar-refractivity contribution in [2.24, 2.45) is 7.05 Å². The van der Waals surface area contributed by atoms with Gasteiger partial charge in [0.1, 0.15) is 5.69 Å². The van der Waals surface area contributed by atoms with Crippen molar-refractivity contribution in [3.8, 4) is 28.5 Å². The van der Waals surface area contributed by atoms with Crippen LogP contribution in [-0.2, 0) is 7.05 Å². The van der Waals surface area contributed by atoms with Crippen molar-refractivity contribution in [3.63, 3.8) is 0 Å². The normalized spacial score (nSPS) is 11.2. The average molecular weight is 406 g/mol. The van der Waals surface area contributed by atoms with Gasteiger partial charge in [-0.25, -0.2) is 14.5 Å². The third-order valence-corrected chi connectivity index (χ3v) is 5.94. The Morgan fingerprint density at radius 2 is 1.39 bits per heavy atom. The molecule has 0 amide bonds. The number of nitrogens with zero attached hydrogens (tertiary/aromatic N) is 4. The Kier molecular flexibility index (Phi) is 4.63. The summed E-state index contributed by atoms with van der Waals surface area (Å²) in [5.74, 6) is 1.93. The largest absolute Gasteiger partial charge is 0.295 e. The van der Waals surface area contributed by atoms with Gasteiger partial charge in [0, 0.05) is 18.0 Å². The van der Waals surface area contributed by atoms with Crippen molar-refractivity contribution in [2.45, 2.75) is 20.8 Å². The molecule has 0 aliphatic carbocycles. The van der Waals surface area contributed by atoms with E-state index in [4.69, 9.17) is 0 Å². The van der Waals surface area contributed by atoms with E-state index in [1.807, 2.05) is 6.07 Å². The molecule has 0 bridgehead atoms. The van der Waals surface area contributed by atoms with Gasteiger partial charge in [-0.3, -0.25) is 0 Å². The minimum atomic E-state index is 0.752. The Morgan fingerprint density at radius 3 is 2.10 bits per heavy atom. The molecule has 2 aromatic heterocycles. The molecule has 0 saturated carbocycles. The van der Waals surface area contributed by atoms with Crippen LogP contribution in [0.15, 0.2) is 79.1 Å². The van der Waals surface area contributed by atoms with Crippen LogP contribution in [0.1, 0.15) is 16.7 Å². The van der Waals surface area contributed by atoms with Crippen LogP contribution in [0.3, 0.4) is 0 Å². The summed E-state index contributed by atoms with van der Waals surface area (Å²) in [5, 5.41) is 0. The molecule has 0 aliphatic rings. The highest BCUT2D eigenvalue weighted by Crippen LogP contribution is 2.33. The van der Waals surface area contributed by atoms with Gasteiger partial charge in [-0.15, -0.1) is 0 Å². The lowest BCUT2D eigenvalue weighted by Crippen LogP contribution is -2.30. The molecule has 0 radical (unpaired) electrons. The van der Waals surface area contributed by atoms with Crippen LogP contribution in [0.4, 0.5) is 0 Å². The smallest absolute Gasteiger partial charge is 0.237 e. The minimum Gasteiger partial charge on any atom is -0.237 e. The van der Waals surface area contributed by atoms with Gasteiger partial charge >= 0.3 is 0 Å². The number of aromatic nitrogens is 4. The Balaban J connectivity index is 1.84. The van der Waals surface area contributed by atoms with Gasteiger partial charge < -0.3 is 0 Å². The zero-order valence-electron chi connectivity index (χ0n) is 18.3. The summed E-state index contributed by atoms with van der Waals surface area (Å²) in [5.41, 5.74) is 9.51. The van der Waals surface area contributed by atoms with E-state index in [2.05, 4.69) is 108 Å². The zero-order chi connectivity index (χ0) is 21.5. The average Bonchev–Trinajstić information content (AvgIpc) is 3.07. The second-order valence-corrected chi connectivity index (χ2v) is 8.05. The van der Waals surface area contributed by atoms with Crippen LogP contribution in [0.5, 0.6) is 0 Å². The minimum absolute atomic E-state index is 0.752. The number of rotatable bonds is 3. The summed E-state index contributed by atoms with van der Waals surface area (Å²) in [6.45, 7) is 6.52. The highest BCUT2D eigenvalue weighted by atomic mass is 15.2. The van der Waals surface area contributed by atoms with Crippen molar-refractivity contribution in [1.29, 1.82) is 0 Å². The van der Waals surface area contributed by atoms with Gasteiger partial charge in [-0.1, -0.05) is 30.3 Å². The van der Waals surface area contributed by atoms with E-state index < -0.39 is 0 Å². The molecule has 2 heterocycles. The van der Waals surface area contributed by atoms with E-state index in [9.17, 15) is 0 Å². The maximum atomic E-state index is 4.44. The SMILES string of the molecule is Cc1ccccc1-c1n(-c2c(C)cc(-c3ncccn3)cc2C)c2ccccc2[n+]1C. The number of hydrogen-bond donors (Lipinski definition) is 0. The van der Waals surface area contributed by atoms with E-state index in [0.29, 0.717) is 0 Å². The summed E-state index contributed by atoms with van der Waals surface area (Å²) in [7, 11) is 2.15. The number of aryl methyl sites for hydroxylation is 4. The molecule has 0 saturated heterocycles. The lowest BCUT2D eigenvalue weighted by molar-refractivity contribution is -0.633. The van der Waals surface area contributed by atoms with Crippen LogP contribution in [-0.4, -0.2) is 14.5 Å². The second kappa shape index (κ2) is 7.47. The predicted molar refractivity (Wildman–Crippen MR) is 125 cm³/mol. The third-order valence-electron chi connectivity index (χ3n) is 5.94. The zero-order valence-corrected chi connectivity index (χ0v) is 18.3. The Hall–Kier alpha value is -3.79. The van der Waals surface area contributed by atoms with Gasteiger partial charge in [-0.2, -0.15) is 4.57 Å². The third kappa shape index (κ3) is 3.12. The molecule has 31 heavy (non-hydrogen) atoms. The van der Waals surface area contributed by atoms with Crippen molar-refractivity contribution >= 4 is 11.0 Å². The van der Waals surface area contributed by atoms with E-state index in [1.165, 1.54) is 44.8 Å². The first-order valence-corrected chi connectivity index (χ1v) is 10.5. The van der Waals surface area contributed by atoms with Crippen molar-refractivity contribution < 1.29 is 4.57 Å². The van der Waals surface area contributed by atoms with E-state index in [-0.39, 0.29) is 0 Å². The molecule has 0 fully saturated rings. The standard InChI is InChI=1S/C27H25N4/c1-18-10-5-6-11-22(18)27-30(4)23-12-7-8-13-24(23)31(27)25-19(2)16-21(17-20(25)3)26-28-14-9-15-29-26/h5-17H,1-4H3/q+1. The molecule has 5 rings (SSSR count). The van der Waals surface area contributed by atoms with Crippen molar-refractivity contribution in [2.75, 3.05) is 0 Å². The molecule has 0 atom stereocenters. The van der Waals surface area contributed by atoms with Gasteiger partial charge in [0.25, 0.3) is 5.82 Å². The molecule has 4 heteroatoms. The molecular formula is C27H25N4+. The quantitative estimate of drug-likeness (QED) is 0.371. The van der Waals surface area contributed by atoms with Crippen LogP contribution < -0.4 is 4.57 Å². The molecule has 0 N–H and O–H groups in total. The molecule has 0 unspecified atom stereocenters. The fourth-order valence-corrected chi connectivity index (χ4v) is 4.55. The summed E-state index contributed by atoms with van der Waals surface area (Å²) in [4.78, 5) is 8.88. The van der Waals surface area contributed by atoms with Crippen LogP contribution in [0.25, 0.3) is 39.5 Å². The molecular weight excluding hydrogens is 380 g/mol. The van der Waals surface area contributed by atoms with Crippen molar-refractivity contribution in [1.82, 2.24) is 14.5 Å². The number of para-hydroxylation sites is 2. The van der Waals surface area contributed by atoms with E-state index in [0.717, 1.165) is 11.4 Å². The first-order valence-electron chi connectivity index (χ1n) is 10.5. The fourth-order valence-electron chi connectivity index (χ4n) is 4.55.